The first-order valence-corrected chi connectivity index (χ1v) is 7.38. The SMILES string of the molecule is O=C(O)C1(O)C[C@@H](O)[C@H](O)c2sc(C=CC3CC3)cc21. The van der Waals surface area contributed by atoms with Crippen molar-refractivity contribution in [1.82, 2.24) is 0 Å². The van der Waals surface area contributed by atoms with Crippen LogP contribution in [0.5, 0.6) is 0 Å². The number of fused-ring (bicyclic) bond motifs is 1. The quantitative estimate of drug-likeness (QED) is 0.673. The van der Waals surface area contributed by atoms with Crippen LogP contribution in [0.25, 0.3) is 6.08 Å². The third kappa shape index (κ3) is 2.18. The predicted octanol–water partition coefficient (Wildman–Crippen LogP) is 1.24. The van der Waals surface area contributed by atoms with Gasteiger partial charge in [0.15, 0.2) is 5.60 Å². The maximum atomic E-state index is 11.3. The molecule has 0 bridgehead atoms. The minimum Gasteiger partial charge on any atom is -0.479 e. The molecule has 2 aliphatic rings. The number of carboxylic acids is 1. The van der Waals surface area contributed by atoms with Crippen molar-refractivity contribution in [2.24, 2.45) is 5.92 Å². The fourth-order valence-corrected chi connectivity index (χ4v) is 3.66. The lowest BCUT2D eigenvalue weighted by Gasteiger charge is -2.34. The minimum atomic E-state index is -2.13. The number of allylic oxidation sites excluding steroid dienone is 1. The summed E-state index contributed by atoms with van der Waals surface area (Å²) in [6.07, 6.45) is 3.46. The molecular weight excluding hydrogens is 280 g/mol. The average molecular weight is 296 g/mol. The highest BCUT2D eigenvalue weighted by molar-refractivity contribution is 7.13. The molecule has 3 rings (SSSR count). The van der Waals surface area contributed by atoms with Gasteiger partial charge in [-0.3, -0.25) is 0 Å². The van der Waals surface area contributed by atoms with Gasteiger partial charge in [-0.1, -0.05) is 6.08 Å². The Morgan fingerprint density at radius 3 is 2.70 bits per heavy atom. The van der Waals surface area contributed by atoms with Crippen LogP contribution in [-0.2, 0) is 10.4 Å². The van der Waals surface area contributed by atoms with Gasteiger partial charge in [0, 0.05) is 21.7 Å². The number of hydrogen-bond donors (Lipinski definition) is 4. The number of aliphatic hydroxyl groups excluding tert-OH is 2. The molecule has 2 aliphatic carbocycles. The average Bonchev–Trinajstić information content (AvgIpc) is 3.11. The summed E-state index contributed by atoms with van der Waals surface area (Å²) < 4.78 is 0. The summed E-state index contributed by atoms with van der Waals surface area (Å²) >= 11 is 1.22. The molecule has 1 unspecified atom stereocenters. The fraction of sp³-hybridized carbons (Fsp3) is 0.500. The normalized spacial score (nSPS) is 33.4. The van der Waals surface area contributed by atoms with Crippen LogP contribution in [0.15, 0.2) is 12.1 Å². The molecule has 1 aromatic rings. The summed E-state index contributed by atoms with van der Waals surface area (Å²) in [6, 6.07) is 1.60. The number of carbonyl (C=O) groups is 1. The second-order valence-electron chi connectivity index (χ2n) is 5.50. The number of aliphatic hydroxyl groups is 3. The largest absolute Gasteiger partial charge is 0.479 e. The van der Waals surface area contributed by atoms with Gasteiger partial charge in [0.1, 0.15) is 6.10 Å². The van der Waals surface area contributed by atoms with Gasteiger partial charge < -0.3 is 20.4 Å². The molecule has 6 heteroatoms. The maximum absolute atomic E-state index is 11.3. The molecule has 1 fully saturated rings. The molecule has 0 radical (unpaired) electrons. The molecule has 0 aromatic carbocycles. The van der Waals surface area contributed by atoms with E-state index in [0.717, 1.165) is 4.88 Å². The summed E-state index contributed by atoms with van der Waals surface area (Å²) in [5.74, 6) is -0.816. The third-order valence-corrected chi connectivity index (χ3v) is 5.04. The summed E-state index contributed by atoms with van der Waals surface area (Å²) in [7, 11) is 0. The standard InChI is InChI=1S/C14H16O5S/c15-10-6-14(19,13(17)18)9-5-8(4-3-7-1-2-7)20-12(9)11(10)16/h3-5,7,10-11,15-16,19H,1-2,6H2,(H,17,18)/t10-,11+,14?/m1/s1. The first kappa shape index (κ1) is 13.8. The molecule has 1 heterocycles. The van der Waals surface area contributed by atoms with E-state index in [1.807, 2.05) is 6.08 Å². The number of aliphatic carboxylic acids is 1. The Morgan fingerprint density at radius 2 is 2.10 bits per heavy atom. The summed E-state index contributed by atoms with van der Waals surface area (Å²) in [5.41, 5.74) is -1.93. The Bertz CT molecular complexity index is 574. The van der Waals surface area contributed by atoms with Crippen molar-refractivity contribution in [3.8, 4) is 0 Å². The Hall–Kier alpha value is -1.21. The van der Waals surface area contributed by atoms with Crippen LogP contribution >= 0.6 is 11.3 Å². The minimum absolute atomic E-state index is 0.197. The number of hydrogen-bond acceptors (Lipinski definition) is 5. The molecule has 0 spiro atoms. The van der Waals surface area contributed by atoms with E-state index in [1.54, 1.807) is 6.07 Å². The van der Waals surface area contributed by atoms with Crippen molar-refractivity contribution in [3.05, 3.63) is 27.5 Å². The second-order valence-corrected chi connectivity index (χ2v) is 6.62. The maximum Gasteiger partial charge on any atom is 0.340 e. The monoisotopic (exact) mass is 296 g/mol. The summed E-state index contributed by atoms with van der Waals surface area (Å²) in [6.45, 7) is 0. The van der Waals surface area contributed by atoms with E-state index in [4.69, 9.17) is 0 Å². The van der Waals surface area contributed by atoms with Gasteiger partial charge in [-0.25, -0.2) is 4.79 Å². The van der Waals surface area contributed by atoms with Crippen molar-refractivity contribution >= 4 is 23.4 Å². The van der Waals surface area contributed by atoms with E-state index >= 15 is 0 Å². The molecule has 0 saturated heterocycles. The number of rotatable bonds is 3. The van der Waals surface area contributed by atoms with Crippen molar-refractivity contribution in [3.63, 3.8) is 0 Å². The Labute approximate surface area is 119 Å². The first-order valence-electron chi connectivity index (χ1n) is 6.56. The molecule has 5 nitrogen and oxygen atoms in total. The Morgan fingerprint density at radius 1 is 1.40 bits per heavy atom. The first-order chi connectivity index (χ1) is 9.41. The lowest BCUT2D eigenvalue weighted by Crippen LogP contribution is -2.44. The zero-order chi connectivity index (χ0) is 14.5. The number of carboxylic acid groups (broad SMARTS) is 1. The highest BCUT2D eigenvalue weighted by Crippen LogP contribution is 2.45. The van der Waals surface area contributed by atoms with Crippen LogP contribution in [0.2, 0.25) is 0 Å². The van der Waals surface area contributed by atoms with Crippen LogP contribution in [0.4, 0.5) is 0 Å². The van der Waals surface area contributed by atoms with E-state index in [2.05, 4.69) is 6.08 Å². The molecule has 20 heavy (non-hydrogen) atoms. The van der Waals surface area contributed by atoms with Crippen LogP contribution in [0, 0.1) is 5.92 Å². The lowest BCUT2D eigenvalue weighted by molar-refractivity contribution is -0.168. The van der Waals surface area contributed by atoms with E-state index in [9.17, 15) is 25.2 Å². The molecule has 3 atom stereocenters. The second kappa shape index (κ2) is 4.66. The van der Waals surface area contributed by atoms with Crippen molar-refractivity contribution in [2.75, 3.05) is 0 Å². The fourth-order valence-electron chi connectivity index (χ4n) is 2.47. The molecule has 1 aromatic heterocycles. The van der Waals surface area contributed by atoms with Crippen molar-refractivity contribution in [1.29, 1.82) is 0 Å². The van der Waals surface area contributed by atoms with Gasteiger partial charge >= 0.3 is 5.97 Å². The van der Waals surface area contributed by atoms with Gasteiger partial charge in [-0.05, 0) is 30.9 Å². The molecule has 1 saturated carbocycles. The predicted molar refractivity (Wildman–Crippen MR) is 73.2 cm³/mol. The number of thiophene rings is 1. The van der Waals surface area contributed by atoms with Crippen LogP contribution < -0.4 is 0 Å². The van der Waals surface area contributed by atoms with Gasteiger partial charge in [0.2, 0.25) is 0 Å². The van der Waals surface area contributed by atoms with Crippen molar-refractivity contribution in [2.45, 2.75) is 37.1 Å². The third-order valence-electron chi connectivity index (χ3n) is 3.87. The van der Waals surface area contributed by atoms with E-state index in [-0.39, 0.29) is 5.56 Å². The zero-order valence-electron chi connectivity index (χ0n) is 10.7. The molecular formula is C14H16O5S. The molecule has 4 N–H and O–H groups in total. The Kier molecular flexibility index (Phi) is 3.21. The highest BCUT2D eigenvalue weighted by Gasteiger charge is 2.49. The molecule has 108 valence electrons. The summed E-state index contributed by atoms with van der Waals surface area (Å²) in [5, 5.41) is 39.3. The molecule has 0 amide bonds. The van der Waals surface area contributed by atoms with Crippen LogP contribution in [0.3, 0.4) is 0 Å². The smallest absolute Gasteiger partial charge is 0.340 e. The van der Waals surface area contributed by atoms with E-state index < -0.39 is 30.2 Å². The zero-order valence-corrected chi connectivity index (χ0v) is 11.5. The van der Waals surface area contributed by atoms with Crippen LogP contribution in [-0.4, -0.2) is 32.5 Å². The van der Waals surface area contributed by atoms with E-state index in [0.29, 0.717) is 10.8 Å². The van der Waals surface area contributed by atoms with Crippen LogP contribution in [0.1, 0.15) is 40.7 Å². The molecule has 0 aliphatic heterocycles. The van der Waals surface area contributed by atoms with Gasteiger partial charge in [0.05, 0.1) is 6.10 Å². The highest BCUT2D eigenvalue weighted by atomic mass is 32.1. The lowest BCUT2D eigenvalue weighted by atomic mass is 9.80. The van der Waals surface area contributed by atoms with Gasteiger partial charge in [-0.15, -0.1) is 11.3 Å². The Balaban J connectivity index is 2.02. The van der Waals surface area contributed by atoms with Gasteiger partial charge in [-0.2, -0.15) is 0 Å². The van der Waals surface area contributed by atoms with Crippen molar-refractivity contribution < 1.29 is 25.2 Å². The van der Waals surface area contributed by atoms with Gasteiger partial charge in [0.25, 0.3) is 0 Å². The summed E-state index contributed by atoms with van der Waals surface area (Å²) in [4.78, 5) is 12.4. The van der Waals surface area contributed by atoms with E-state index in [1.165, 1.54) is 24.2 Å². The topological polar surface area (TPSA) is 98.0 Å².